The van der Waals surface area contributed by atoms with Gasteiger partial charge in [0.05, 0.1) is 6.04 Å². The van der Waals surface area contributed by atoms with Crippen LogP contribution in [0.25, 0.3) is 0 Å². The molecule has 1 atom stereocenters. The summed E-state index contributed by atoms with van der Waals surface area (Å²) in [6.07, 6.45) is 3.84. The quantitative estimate of drug-likeness (QED) is 0.908. The number of amides is 1. The third kappa shape index (κ3) is 2.98. The molecule has 2 rings (SSSR count). The minimum absolute atomic E-state index is 0.202. The van der Waals surface area contributed by atoms with E-state index in [1.54, 1.807) is 0 Å². The molecule has 2 N–H and O–H groups in total. The van der Waals surface area contributed by atoms with Crippen molar-refractivity contribution in [2.24, 2.45) is 5.73 Å². The Balaban J connectivity index is 2.29. The number of piperidine rings is 1. The highest BCUT2D eigenvalue weighted by Crippen LogP contribution is 2.33. The largest absolute Gasteiger partial charge is 0.336 e. The van der Waals surface area contributed by atoms with E-state index in [-0.39, 0.29) is 11.9 Å². The van der Waals surface area contributed by atoms with Gasteiger partial charge in [-0.3, -0.25) is 4.79 Å². The summed E-state index contributed by atoms with van der Waals surface area (Å²) in [5.74, 6) is 0.202. The third-order valence-electron chi connectivity index (χ3n) is 4.19. The van der Waals surface area contributed by atoms with Gasteiger partial charge in [0.1, 0.15) is 0 Å². The summed E-state index contributed by atoms with van der Waals surface area (Å²) in [6, 6.07) is 6.64. The van der Waals surface area contributed by atoms with Gasteiger partial charge in [0, 0.05) is 19.5 Å². The molecule has 3 nitrogen and oxygen atoms in total. The first-order chi connectivity index (χ1) is 9.15. The van der Waals surface area contributed by atoms with Gasteiger partial charge in [-0.15, -0.1) is 0 Å². The highest BCUT2D eigenvalue weighted by atomic mass is 16.2. The van der Waals surface area contributed by atoms with Crippen LogP contribution in [-0.2, 0) is 4.79 Å². The monoisotopic (exact) mass is 260 g/mol. The number of benzene rings is 1. The van der Waals surface area contributed by atoms with Crippen molar-refractivity contribution in [3.05, 3.63) is 34.9 Å². The maximum absolute atomic E-state index is 12.2. The molecule has 1 amide bonds. The number of nitrogens with zero attached hydrogens (tertiary/aromatic N) is 1. The molecular formula is C16H24N2O. The highest BCUT2D eigenvalue weighted by Gasteiger charge is 2.28. The van der Waals surface area contributed by atoms with E-state index in [1.165, 1.54) is 23.1 Å². The van der Waals surface area contributed by atoms with Gasteiger partial charge < -0.3 is 10.6 Å². The molecule has 1 aromatic rings. The van der Waals surface area contributed by atoms with Crippen LogP contribution in [0, 0.1) is 13.8 Å². The molecule has 1 heterocycles. The van der Waals surface area contributed by atoms with E-state index in [9.17, 15) is 4.79 Å². The zero-order valence-electron chi connectivity index (χ0n) is 12.0. The first-order valence-electron chi connectivity index (χ1n) is 7.20. The number of hydrogen-bond acceptors (Lipinski definition) is 2. The fourth-order valence-corrected chi connectivity index (χ4v) is 2.96. The zero-order valence-corrected chi connectivity index (χ0v) is 12.0. The van der Waals surface area contributed by atoms with Crippen molar-refractivity contribution >= 4 is 5.91 Å². The van der Waals surface area contributed by atoms with Crippen molar-refractivity contribution in [3.8, 4) is 0 Å². The van der Waals surface area contributed by atoms with Gasteiger partial charge in [-0.05, 0) is 49.8 Å². The second-order valence-electron chi connectivity index (χ2n) is 5.43. The lowest BCUT2D eigenvalue weighted by Gasteiger charge is -2.37. The van der Waals surface area contributed by atoms with Crippen LogP contribution < -0.4 is 5.73 Å². The molecule has 0 saturated carbocycles. The van der Waals surface area contributed by atoms with Gasteiger partial charge in [0.15, 0.2) is 0 Å². The number of carbonyl (C=O) groups excluding carboxylic acids is 1. The third-order valence-corrected chi connectivity index (χ3v) is 4.19. The predicted octanol–water partition coefficient (Wildman–Crippen LogP) is 2.71. The molecule has 1 saturated heterocycles. The molecule has 1 unspecified atom stereocenters. The van der Waals surface area contributed by atoms with Crippen LogP contribution in [0.15, 0.2) is 18.2 Å². The smallest absolute Gasteiger partial charge is 0.224 e. The summed E-state index contributed by atoms with van der Waals surface area (Å²) < 4.78 is 0. The minimum Gasteiger partial charge on any atom is -0.336 e. The molecule has 3 heteroatoms. The molecular weight excluding hydrogens is 236 g/mol. The Bertz CT molecular complexity index is 456. The van der Waals surface area contributed by atoms with Crippen LogP contribution in [0.1, 0.15) is 48.4 Å². The first kappa shape index (κ1) is 14.1. The zero-order chi connectivity index (χ0) is 13.8. The van der Waals surface area contributed by atoms with Crippen molar-refractivity contribution in [1.82, 2.24) is 4.90 Å². The van der Waals surface area contributed by atoms with Crippen molar-refractivity contribution in [1.29, 1.82) is 0 Å². The van der Waals surface area contributed by atoms with E-state index in [4.69, 9.17) is 5.73 Å². The van der Waals surface area contributed by atoms with E-state index >= 15 is 0 Å². The van der Waals surface area contributed by atoms with Crippen molar-refractivity contribution in [3.63, 3.8) is 0 Å². The second-order valence-corrected chi connectivity index (χ2v) is 5.43. The fraction of sp³-hybridized carbons (Fsp3) is 0.562. The summed E-state index contributed by atoms with van der Waals surface area (Å²) in [5, 5.41) is 0. The van der Waals surface area contributed by atoms with Crippen molar-refractivity contribution in [2.45, 2.75) is 45.6 Å². The van der Waals surface area contributed by atoms with E-state index in [0.717, 1.165) is 19.4 Å². The normalized spacial score (nSPS) is 19.5. The summed E-state index contributed by atoms with van der Waals surface area (Å²) in [4.78, 5) is 14.3. The second kappa shape index (κ2) is 6.20. The molecule has 104 valence electrons. The average Bonchev–Trinajstić information content (AvgIpc) is 2.42. The topological polar surface area (TPSA) is 46.3 Å². The fourth-order valence-electron chi connectivity index (χ4n) is 2.96. The molecule has 1 aromatic carbocycles. The summed E-state index contributed by atoms with van der Waals surface area (Å²) >= 11 is 0. The lowest BCUT2D eigenvalue weighted by Crippen LogP contribution is -2.39. The van der Waals surface area contributed by atoms with E-state index in [0.29, 0.717) is 13.0 Å². The molecule has 0 aliphatic carbocycles. The molecule has 19 heavy (non-hydrogen) atoms. The molecule has 0 bridgehead atoms. The molecule has 0 aromatic heterocycles. The Kier molecular flexibility index (Phi) is 4.59. The average molecular weight is 260 g/mol. The Labute approximate surface area is 115 Å². The van der Waals surface area contributed by atoms with E-state index in [1.807, 2.05) is 4.90 Å². The van der Waals surface area contributed by atoms with Crippen LogP contribution >= 0.6 is 0 Å². The van der Waals surface area contributed by atoms with Gasteiger partial charge >= 0.3 is 0 Å². The van der Waals surface area contributed by atoms with Gasteiger partial charge in [0.25, 0.3) is 0 Å². The maximum Gasteiger partial charge on any atom is 0.224 e. The molecule has 1 aliphatic rings. The van der Waals surface area contributed by atoms with E-state index < -0.39 is 0 Å². The highest BCUT2D eigenvalue weighted by molar-refractivity contribution is 5.77. The number of aryl methyl sites for hydroxylation is 1. The number of nitrogens with two attached hydrogens (primary N) is 1. The van der Waals surface area contributed by atoms with Gasteiger partial charge in [-0.2, -0.15) is 0 Å². The molecule has 0 radical (unpaired) electrons. The number of carbonyl (C=O) groups is 1. The van der Waals surface area contributed by atoms with Crippen LogP contribution in [-0.4, -0.2) is 23.9 Å². The van der Waals surface area contributed by atoms with Gasteiger partial charge in [-0.1, -0.05) is 18.2 Å². The Morgan fingerprint density at radius 2 is 2.16 bits per heavy atom. The Hall–Kier alpha value is -1.35. The van der Waals surface area contributed by atoms with Crippen LogP contribution in [0.5, 0.6) is 0 Å². The minimum atomic E-state index is 0.202. The van der Waals surface area contributed by atoms with Crippen LogP contribution in [0.2, 0.25) is 0 Å². The SMILES string of the molecule is Cc1cccc(C2CCCCN2C(=O)CCN)c1C. The van der Waals surface area contributed by atoms with Crippen molar-refractivity contribution < 1.29 is 4.79 Å². The number of likely N-dealkylation sites (tertiary alicyclic amines) is 1. The van der Waals surface area contributed by atoms with E-state index in [2.05, 4.69) is 32.0 Å². The van der Waals surface area contributed by atoms with Gasteiger partial charge in [0.2, 0.25) is 5.91 Å². The molecule has 1 fully saturated rings. The summed E-state index contributed by atoms with van der Waals surface area (Å²) in [6.45, 7) is 5.60. The number of rotatable bonds is 3. The van der Waals surface area contributed by atoms with Crippen LogP contribution in [0.3, 0.4) is 0 Å². The Morgan fingerprint density at radius 1 is 1.37 bits per heavy atom. The van der Waals surface area contributed by atoms with Crippen LogP contribution in [0.4, 0.5) is 0 Å². The lowest BCUT2D eigenvalue weighted by atomic mass is 9.90. The molecule has 1 aliphatic heterocycles. The first-order valence-corrected chi connectivity index (χ1v) is 7.20. The van der Waals surface area contributed by atoms with Crippen molar-refractivity contribution in [2.75, 3.05) is 13.1 Å². The summed E-state index contributed by atoms with van der Waals surface area (Å²) in [5.41, 5.74) is 9.46. The summed E-state index contributed by atoms with van der Waals surface area (Å²) in [7, 11) is 0. The van der Waals surface area contributed by atoms with Gasteiger partial charge in [-0.25, -0.2) is 0 Å². The standard InChI is InChI=1S/C16H24N2O/c1-12-6-5-7-14(13(12)2)15-8-3-4-11-18(15)16(19)9-10-17/h5-7,15H,3-4,8-11,17H2,1-2H3. The Morgan fingerprint density at radius 3 is 2.89 bits per heavy atom. The lowest BCUT2D eigenvalue weighted by molar-refractivity contribution is -0.134. The molecule has 0 spiro atoms. The predicted molar refractivity (Wildman–Crippen MR) is 77.9 cm³/mol. The number of hydrogen-bond donors (Lipinski definition) is 1. The maximum atomic E-state index is 12.2.